The van der Waals surface area contributed by atoms with Crippen molar-refractivity contribution in [1.82, 2.24) is 0 Å². The molecule has 0 radical (unpaired) electrons. The molecule has 0 aliphatic carbocycles. The van der Waals surface area contributed by atoms with E-state index in [0.717, 1.165) is 0 Å². The van der Waals surface area contributed by atoms with Gasteiger partial charge in [-0.25, -0.2) is 0 Å². The maximum Gasteiger partial charge on any atom is 0.0920 e. The minimum Gasteiger partial charge on any atom is -0.396 e. The zero-order chi connectivity index (χ0) is 7.14. The van der Waals surface area contributed by atoms with Crippen molar-refractivity contribution in [2.45, 2.75) is 18.2 Å². The van der Waals surface area contributed by atoms with Crippen molar-refractivity contribution in [1.29, 1.82) is 0 Å². The van der Waals surface area contributed by atoms with Crippen LogP contribution in [0.5, 0.6) is 0 Å². The van der Waals surface area contributed by atoms with Gasteiger partial charge in [-0.3, -0.25) is 0 Å². The van der Waals surface area contributed by atoms with Gasteiger partial charge in [-0.15, -0.1) is 12.4 Å². The summed E-state index contributed by atoms with van der Waals surface area (Å²) in [6.45, 7) is 0.132. The molecule has 2 bridgehead atoms. The molecular weight excluding hydrogens is 166 g/mol. The number of aliphatic hydroxyl groups is 1. The van der Waals surface area contributed by atoms with Crippen molar-refractivity contribution in [3.05, 3.63) is 12.2 Å². The Morgan fingerprint density at radius 2 is 2.00 bits per heavy atom. The third kappa shape index (κ3) is 1.18. The van der Waals surface area contributed by atoms with Gasteiger partial charge >= 0.3 is 0 Å². The maximum absolute atomic E-state index is 8.86. The van der Waals surface area contributed by atoms with Crippen LogP contribution in [0.4, 0.5) is 0 Å². The van der Waals surface area contributed by atoms with Crippen LogP contribution in [0.2, 0.25) is 0 Å². The monoisotopic (exact) mass is 177 g/mol. The molecule has 0 saturated carbocycles. The van der Waals surface area contributed by atoms with E-state index in [1.165, 1.54) is 0 Å². The Kier molecular flexibility index (Phi) is 2.54. The smallest absolute Gasteiger partial charge is 0.0920 e. The Morgan fingerprint density at radius 1 is 1.36 bits per heavy atom. The largest absolute Gasteiger partial charge is 0.396 e. The minimum atomic E-state index is -0.000000000000000222. The number of rotatable bonds is 1. The van der Waals surface area contributed by atoms with Crippen molar-refractivity contribution < 1.29 is 9.84 Å². The summed E-state index contributed by atoms with van der Waals surface area (Å²) in [4.78, 5) is 0. The first-order valence-electron chi connectivity index (χ1n) is 3.53. The Hall–Kier alpha value is -0.0900. The molecule has 2 unspecified atom stereocenters. The number of halogens is 1. The van der Waals surface area contributed by atoms with Crippen LogP contribution in [-0.2, 0) is 4.74 Å². The van der Waals surface area contributed by atoms with Gasteiger partial charge in [0, 0.05) is 12.0 Å². The lowest BCUT2D eigenvalue weighted by molar-refractivity contribution is 0.0946. The molecule has 1 fully saturated rings. The van der Waals surface area contributed by atoms with Crippen LogP contribution in [0.25, 0.3) is 0 Å². The standard InChI is InChI=1S/C7H11NO2.ClH/c8-7-4(3-9)5-1-2-6(7)10-5;/h1-2,4-7,9H,3,8H2;1H/t4?,5-,6+,7?;/m1./s1. The van der Waals surface area contributed by atoms with E-state index in [9.17, 15) is 0 Å². The molecule has 3 N–H and O–H groups in total. The van der Waals surface area contributed by atoms with E-state index in [2.05, 4.69) is 0 Å². The SMILES string of the molecule is Cl.NC1C(CO)[C@H]2C=C[C@@H]1O2. The van der Waals surface area contributed by atoms with Crippen molar-refractivity contribution in [3.63, 3.8) is 0 Å². The molecule has 3 nitrogen and oxygen atoms in total. The fraction of sp³-hybridized carbons (Fsp3) is 0.714. The molecule has 64 valence electrons. The molecular formula is C7H12ClNO2. The van der Waals surface area contributed by atoms with Gasteiger partial charge in [-0.2, -0.15) is 0 Å². The van der Waals surface area contributed by atoms with E-state index >= 15 is 0 Å². The molecule has 0 aromatic carbocycles. The van der Waals surface area contributed by atoms with Gasteiger partial charge < -0.3 is 15.6 Å². The zero-order valence-corrected chi connectivity index (χ0v) is 6.83. The number of hydrogen-bond acceptors (Lipinski definition) is 3. The highest BCUT2D eigenvalue weighted by molar-refractivity contribution is 5.85. The van der Waals surface area contributed by atoms with Crippen LogP contribution in [0.1, 0.15) is 0 Å². The van der Waals surface area contributed by atoms with E-state index in [1.54, 1.807) is 0 Å². The quantitative estimate of drug-likeness (QED) is 0.540. The minimum absolute atomic E-state index is 0. The Bertz CT molecular complexity index is 174. The second-order valence-electron chi connectivity index (χ2n) is 2.87. The lowest BCUT2D eigenvalue weighted by Crippen LogP contribution is -2.39. The fourth-order valence-corrected chi connectivity index (χ4v) is 1.64. The predicted octanol–water partition coefficient (Wildman–Crippen LogP) is -0.319. The maximum atomic E-state index is 8.86. The van der Waals surface area contributed by atoms with Gasteiger partial charge in [-0.05, 0) is 0 Å². The Labute approximate surface area is 71.6 Å². The summed E-state index contributed by atoms with van der Waals surface area (Å²) in [6.07, 6.45) is 4.09. The van der Waals surface area contributed by atoms with Gasteiger partial charge in [0.1, 0.15) is 0 Å². The molecule has 2 rings (SSSR count). The van der Waals surface area contributed by atoms with E-state index in [-0.39, 0.29) is 43.2 Å². The number of fused-ring (bicyclic) bond motifs is 2. The average Bonchev–Trinajstić information content (AvgIpc) is 2.46. The first-order valence-corrected chi connectivity index (χ1v) is 3.53. The lowest BCUT2D eigenvalue weighted by atomic mass is 9.91. The highest BCUT2D eigenvalue weighted by Crippen LogP contribution is 2.32. The summed E-state index contributed by atoms with van der Waals surface area (Å²) in [5.41, 5.74) is 5.74. The fourth-order valence-electron chi connectivity index (χ4n) is 1.64. The number of ether oxygens (including phenoxy) is 1. The van der Waals surface area contributed by atoms with Crippen molar-refractivity contribution in [2.75, 3.05) is 6.61 Å². The topological polar surface area (TPSA) is 55.5 Å². The molecule has 4 atom stereocenters. The van der Waals surface area contributed by atoms with E-state index in [0.29, 0.717) is 0 Å². The van der Waals surface area contributed by atoms with E-state index in [4.69, 9.17) is 15.6 Å². The molecule has 11 heavy (non-hydrogen) atoms. The van der Waals surface area contributed by atoms with Crippen LogP contribution < -0.4 is 5.73 Å². The molecule has 2 aliphatic heterocycles. The van der Waals surface area contributed by atoms with Gasteiger partial charge in [0.05, 0.1) is 18.8 Å². The molecule has 0 aromatic rings. The zero-order valence-electron chi connectivity index (χ0n) is 6.01. The molecule has 0 aromatic heterocycles. The van der Waals surface area contributed by atoms with Gasteiger partial charge in [0.25, 0.3) is 0 Å². The number of aliphatic hydroxyl groups excluding tert-OH is 1. The molecule has 4 heteroatoms. The second kappa shape index (κ2) is 3.11. The van der Waals surface area contributed by atoms with Crippen molar-refractivity contribution in [2.24, 2.45) is 11.7 Å². The van der Waals surface area contributed by atoms with Crippen LogP contribution >= 0.6 is 12.4 Å². The Morgan fingerprint density at radius 3 is 2.36 bits per heavy atom. The van der Waals surface area contributed by atoms with E-state index in [1.807, 2.05) is 12.2 Å². The molecule has 2 heterocycles. The Balaban J connectivity index is 0.000000605. The van der Waals surface area contributed by atoms with Crippen molar-refractivity contribution in [3.8, 4) is 0 Å². The summed E-state index contributed by atoms with van der Waals surface area (Å²) >= 11 is 0. The third-order valence-electron chi connectivity index (χ3n) is 2.31. The van der Waals surface area contributed by atoms with Crippen LogP contribution in [-0.4, -0.2) is 30.0 Å². The molecule has 1 saturated heterocycles. The predicted molar refractivity (Wildman–Crippen MR) is 43.6 cm³/mol. The highest BCUT2D eigenvalue weighted by Gasteiger charge is 2.43. The summed E-state index contributed by atoms with van der Waals surface area (Å²) < 4.78 is 5.39. The first kappa shape index (κ1) is 9.00. The first-order chi connectivity index (χ1) is 4.83. The van der Waals surface area contributed by atoms with Crippen LogP contribution in [0.15, 0.2) is 12.2 Å². The lowest BCUT2D eigenvalue weighted by Gasteiger charge is -2.18. The van der Waals surface area contributed by atoms with Crippen LogP contribution in [0.3, 0.4) is 0 Å². The second-order valence-corrected chi connectivity index (χ2v) is 2.87. The highest BCUT2D eigenvalue weighted by atomic mass is 35.5. The van der Waals surface area contributed by atoms with Gasteiger partial charge in [0.15, 0.2) is 0 Å². The van der Waals surface area contributed by atoms with Crippen molar-refractivity contribution >= 4 is 12.4 Å². The average molecular weight is 178 g/mol. The number of nitrogens with two attached hydrogens (primary N) is 1. The van der Waals surface area contributed by atoms with Gasteiger partial charge in [-0.1, -0.05) is 12.2 Å². The summed E-state index contributed by atoms with van der Waals surface area (Å²) in [6, 6.07) is -0.000000000000000222. The molecule has 2 aliphatic rings. The van der Waals surface area contributed by atoms with E-state index < -0.39 is 0 Å². The summed E-state index contributed by atoms with van der Waals surface area (Å²) in [5.74, 6) is 0.120. The van der Waals surface area contributed by atoms with Gasteiger partial charge in [0.2, 0.25) is 0 Å². The molecule has 0 spiro atoms. The molecule has 0 amide bonds. The summed E-state index contributed by atoms with van der Waals surface area (Å²) in [7, 11) is 0. The summed E-state index contributed by atoms with van der Waals surface area (Å²) in [5, 5.41) is 8.86. The third-order valence-corrected chi connectivity index (χ3v) is 2.31. The van der Waals surface area contributed by atoms with Crippen LogP contribution in [0, 0.1) is 5.92 Å². The number of hydrogen-bond donors (Lipinski definition) is 2. The normalized spacial score (nSPS) is 46.0.